The molecular weight excluding hydrogens is 194 g/mol. The van der Waals surface area contributed by atoms with Gasteiger partial charge in [0.05, 0.1) is 0 Å². The maximum absolute atomic E-state index is 5.39. The summed E-state index contributed by atoms with van der Waals surface area (Å²) in [6.07, 6.45) is 0. The highest BCUT2D eigenvalue weighted by Crippen LogP contribution is 2.52. The normalized spacial score (nSPS) is 23.5. The Labute approximate surface area is 65.8 Å². The van der Waals surface area contributed by atoms with Crippen molar-refractivity contribution in [3.05, 3.63) is 0 Å². The largest absolute Gasteiger partial charge is 0.309 e. The number of rotatable bonds is 0. The van der Waals surface area contributed by atoms with Crippen LogP contribution < -0.4 is 0 Å². The summed E-state index contributed by atoms with van der Waals surface area (Å²) in [6, 6.07) is 0. The van der Waals surface area contributed by atoms with Gasteiger partial charge in [0.25, 0.3) is 3.79 Å². The van der Waals surface area contributed by atoms with Crippen molar-refractivity contribution in [3.8, 4) is 0 Å². The average Bonchev–Trinajstić information content (AvgIpc) is 2.16. The van der Waals surface area contributed by atoms with Gasteiger partial charge >= 0.3 is 5.12 Å². The predicted molar refractivity (Wildman–Crippen MR) is 33.7 cm³/mol. The molecule has 0 aliphatic carbocycles. The van der Waals surface area contributed by atoms with Gasteiger partial charge in [0.2, 0.25) is 0 Å². The minimum absolute atomic E-state index is 1.29. The van der Waals surface area contributed by atoms with Gasteiger partial charge in [-0.05, 0) is 0 Å². The van der Waals surface area contributed by atoms with Gasteiger partial charge in [-0.3, -0.25) is 0 Å². The van der Waals surface area contributed by atoms with E-state index in [4.69, 9.17) is 46.4 Å². The Balaban J connectivity index is 2.61. The second-order valence-corrected chi connectivity index (χ2v) is 4.09. The molecule has 0 unspecified atom stereocenters. The molecule has 8 heavy (non-hydrogen) atoms. The molecule has 1 aliphatic heterocycles. The zero-order chi connectivity index (χ0) is 6.41. The highest BCUT2D eigenvalue weighted by molar-refractivity contribution is 6.71. The van der Waals surface area contributed by atoms with E-state index in [1.54, 1.807) is 0 Å². The average molecular weight is 194 g/mol. The van der Waals surface area contributed by atoms with Crippen LogP contribution in [0, 0.1) is 0 Å². The Hall–Kier alpha value is 0.760. The van der Waals surface area contributed by atoms with E-state index in [9.17, 15) is 0 Å². The number of halogens is 4. The van der Waals surface area contributed by atoms with Gasteiger partial charge in [0, 0.05) is 0 Å². The summed E-state index contributed by atoms with van der Waals surface area (Å²) >= 11 is 21.2. The maximum atomic E-state index is 5.39. The van der Waals surface area contributed by atoms with Crippen LogP contribution in [-0.4, -0.2) is 8.91 Å². The van der Waals surface area contributed by atoms with Gasteiger partial charge in [-0.15, -0.1) is 10.2 Å². The quantitative estimate of drug-likeness (QED) is 0.418. The van der Waals surface area contributed by atoms with Crippen LogP contribution in [-0.2, 0) is 0 Å². The van der Waals surface area contributed by atoms with E-state index in [0.717, 1.165) is 0 Å². The van der Waals surface area contributed by atoms with E-state index in [2.05, 4.69) is 10.2 Å². The zero-order valence-corrected chi connectivity index (χ0v) is 6.43. The van der Waals surface area contributed by atoms with Crippen molar-refractivity contribution in [1.82, 2.24) is 0 Å². The second-order valence-electron chi connectivity index (χ2n) is 1.28. The molecule has 1 heterocycles. The van der Waals surface area contributed by atoms with E-state index in [1.807, 2.05) is 0 Å². The second kappa shape index (κ2) is 1.63. The lowest BCUT2D eigenvalue weighted by molar-refractivity contribution is 0.863. The first-order chi connectivity index (χ1) is 3.46. The van der Waals surface area contributed by atoms with Crippen molar-refractivity contribution >= 4 is 46.4 Å². The lowest BCUT2D eigenvalue weighted by atomic mass is 10.7. The van der Waals surface area contributed by atoms with Gasteiger partial charge < -0.3 is 0 Å². The summed E-state index contributed by atoms with van der Waals surface area (Å²) in [6.45, 7) is 0. The van der Waals surface area contributed by atoms with Gasteiger partial charge in [-0.1, -0.05) is 46.4 Å². The highest BCUT2D eigenvalue weighted by atomic mass is 35.6. The fourth-order valence-corrected chi connectivity index (χ4v) is 0.422. The molecule has 0 fully saturated rings. The molecule has 0 spiro atoms. The Kier molecular flexibility index (Phi) is 1.40. The van der Waals surface area contributed by atoms with E-state index in [-0.39, 0.29) is 0 Å². The van der Waals surface area contributed by atoms with Gasteiger partial charge in [-0.25, -0.2) is 0 Å². The van der Waals surface area contributed by atoms with Crippen LogP contribution in [0.25, 0.3) is 0 Å². The van der Waals surface area contributed by atoms with Crippen molar-refractivity contribution in [3.63, 3.8) is 0 Å². The molecule has 0 aromatic rings. The van der Waals surface area contributed by atoms with Crippen molar-refractivity contribution in [1.29, 1.82) is 0 Å². The lowest BCUT2D eigenvalue weighted by Gasteiger charge is -2.09. The number of hydrogen-bond donors (Lipinski definition) is 0. The van der Waals surface area contributed by atoms with Crippen LogP contribution in [0.1, 0.15) is 0 Å². The molecule has 0 saturated carbocycles. The van der Waals surface area contributed by atoms with Crippen LogP contribution in [0.4, 0.5) is 0 Å². The third-order valence-corrected chi connectivity index (χ3v) is 2.15. The molecule has 0 radical (unpaired) electrons. The monoisotopic (exact) mass is 192 g/mol. The number of hydrogen-bond acceptors (Lipinski definition) is 2. The highest BCUT2D eigenvalue weighted by Gasteiger charge is 2.56. The lowest BCUT2D eigenvalue weighted by Crippen LogP contribution is -2.21. The summed E-state index contributed by atoms with van der Waals surface area (Å²) in [5, 5.41) is 5.31. The molecule has 0 aromatic carbocycles. The first kappa shape index (κ1) is 6.87. The minimum Gasteiger partial charge on any atom is -0.136 e. The molecule has 0 amide bonds. The van der Waals surface area contributed by atoms with Crippen LogP contribution >= 0.6 is 46.4 Å². The molecule has 46 valence electrons. The SMILES string of the molecule is ClC(Cl)(Cl)C1(Cl)N=N1. The summed E-state index contributed by atoms with van der Waals surface area (Å²) < 4.78 is -1.60. The summed E-state index contributed by atoms with van der Waals surface area (Å²) in [4.78, 5) is 0. The van der Waals surface area contributed by atoms with E-state index < -0.39 is 8.91 Å². The summed E-state index contributed by atoms with van der Waals surface area (Å²) in [5.41, 5.74) is 0. The van der Waals surface area contributed by atoms with Gasteiger partial charge in [0.15, 0.2) is 0 Å². The third kappa shape index (κ3) is 1.03. The molecule has 0 atom stereocenters. The van der Waals surface area contributed by atoms with Gasteiger partial charge in [0.1, 0.15) is 0 Å². The Morgan fingerprint density at radius 3 is 1.50 bits per heavy atom. The van der Waals surface area contributed by atoms with E-state index >= 15 is 0 Å². The van der Waals surface area contributed by atoms with Crippen molar-refractivity contribution in [2.45, 2.75) is 8.91 Å². The molecule has 0 saturated heterocycles. The Morgan fingerprint density at radius 1 is 1.12 bits per heavy atom. The van der Waals surface area contributed by atoms with Crippen LogP contribution in [0.3, 0.4) is 0 Å². The first-order valence-corrected chi connectivity index (χ1v) is 3.17. The van der Waals surface area contributed by atoms with Crippen molar-refractivity contribution < 1.29 is 0 Å². The third-order valence-electron chi connectivity index (χ3n) is 0.636. The Bertz CT molecular complexity index is 126. The van der Waals surface area contributed by atoms with E-state index in [0.29, 0.717) is 0 Å². The standard InChI is InChI=1S/C2Cl4N2/c3-1(4,5)2(6)7-8-2. The molecular formula is C2Cl4N2. The predicted octanol–water partition coefficient (Wildman–Crippen LogP) is 2.72. The van der Waals surface area contributed by atoms with Crippen molar-refractivity contribution in [2.24, 2.45) is 10.2 Å². The summed E-state index contributed by atoms with van der Waals surface area (Å²) in [5.74, 6) is 0. The molecule has 6 heteroatoms. The van der Waals surface area contributed by atoms with Crippen LogP contribution in [0.2, 0.25) is 0 Å². The zero-order valence-electron chi connectivity index (χ0n) is 3.41. The molecule has 1 rings (SSSR count). The minimum atomic E-state index is -1.60. The molecule has 0 aromatic heterocycles. The molecule has 2 nitrogen and oxygen atoms in total. The molecule has 0 bridgehead atoms. The van der Waals surface area contributed by atoms with Crippen molar-refractivity contribution in [2.75, 3.05) is 0 Å². The number of nitrogens with zero attached hydrogens (tertiary/aromatic N) is 2. The van der Waals surface area contributed by atoms with Crippen LogP contribution in [0.5, 0.6) is 0 Å². The topological polar surface area (TPSA) is 24.7 Å². The number of alkyl halides is 4. The summed E-state index contributed by atoms with van der Waals surface area (Å²) in [7, 11) is 0. The molecule has 0 N–H and O–H groups in total. The van der Waals surface area contributed by atoms with E-state index in [1.165, 1.54) is 0 Å². The van der Waals surface area contributed by atoms with Crippen LogP contribution in [0.15, 0.2) is 10.2 Å². The maximum Gasteiger partial charge on any atom is 0.309 e. The Morgan fingerprint density at radius 2 is 1.50 bits per heavy atom. The van der Waals surface area contributed by atoms with Gasteiger partial charge in [-0.2, -0.15) is 0 Å². The fourth-order valence-electron chi connectivity index (χ4n) is 0.157. The fraction of sp³-hybridized carbons (Fsp3) is 1.00. The smallest absolute Gasteiger partial charge is 0.136 e. The molecule has 1 aliphatic rings. The first-order valence-electron chi connectivity index (χ1n) is 1.65.